The number of ether oxygens (including phenoxy) is 3. The van der Waals surface area contributed by atoms with Crippen molar-refractivity contribution in [3.63, 3.8) is 0 Å². The second kappa shape index (κ2) is 13.1. The fraction of sp³-hybridized carbons (Fsp3) is 0.500. The molecule has 1 fully saturated rings. The highest BCUT2D eigenvalue weighted by molar-refractivity contribution is 7.17. The first-order valence-electron chi connectivity index (χ1n) is 14.7. The van der Waals surface area contributed by atoms with E-state index in [2.05, 4.69) is 53.3 Å². The third-order valence-electron chi connectivity index (χ3n) is 7.94. The minimum absolute atomic E-state index is 0.0879. The Morgan fingerprint density at radius 2 is 1.80 bits per heavy atom. The molecule has 5 rings (SSSR count). The number of anilines is 2. The van der Waals surface area contributed by atoms with Crippen molar-refractivity contribution < 1.29 is 23.8 Å². The van der Waals surface area contributed by atoms with Crippen LogP contribution >= 0.6 is 11.3 Å². The lowest BCUT2D eigenvalue weighted by molar-refractivity contribution is -0.121. The number of benzene rings is 2. The summed E-state index contributed by atoms with van der Waals surface area (Å²) >= 11 is 1.80. The first-order valence-corrected chi connectivity index (χ1v) is 15.5. The molecule has 8 nitrogen and oxygen atoms in total. The summed E-state index contributed by atoms with van der Waals surface area (Å²) in [5.41, 5.74) is 2.80. The highest BCUT2D eigenvalue weighted by atomic mass is 32.1. The number of fused-ring (bicyclic) bond motifs is 2. The molecule has 41 heavy (non-hydrogen) atoms. The van der Waals surface area contributed by atoms with Gasteiger partial charge in [-0.25, -0.2) is 4.79 Å². The van der Waals surface area contributed by atoms with Gasteiger partial charge in [0.15, 0.2) is 6.73 Å². The topological polar surface area (TPSA) is 71.5 Å². The maximum Gasteiger partial charge on any atom is 0.510 e. The van der Waals surface area contributed by atoms with Crippen molar-refractivity contribution in [3.05, 3.63) is 53.4 Å². The molecule has 0 radical (unpaired) electrons. The van der Waals surface area contributed by atoms with Crippen LogP contribution in [0, 0.1) is 0 Å². The molecular weight excluding hydrogens is 538 g/mol. The molecule has 1 saturated heterocycles. The van der Waals surface area contributed by atoms with Crippen molar-refractivity contribution in [1.29, 1.82) is 0 Å². The third-order valence-corrected chi connectivity index (χ3v) is 8.82. The Balaban J connectivity index is 1.09. The van der Waals surface area contributed by atoms with Crippen LogP contribution in [0.4, 0.5) is 16.2 Å². The highest BCUT2D eigenvalue weighted by Gasteiger charge is 2.37. The summed E-state index contributed by atoms with van der Waals surface area (Å²) in [6.45, 7) is 12.0. The molecule has 1 amide bonds. The van der Waals surface area contributed by atoms with Gasteiger partial charge in [-0.1, -0.05) is 32.9 Å². The molecule has 0 spiro atoms. The fourth-order valence-corrected chi connectivity index (χ4v) is 6.49. The van der Waals surface area contributed by atoms with Crippen LogP contribution in [0.25, 0.3) is 10.1 Å². The van der Waals surface area contributed by atoms with Crippen LogP contribution in [0.15, 0.2) is 47.8 Å². The lowest BCUT2D eigenvalue weighted by Crippen LogP contribution is -2.46. The van der Waals surface area contributed by atoms with Gasteiger partial charge in [0, 0.05) is 59.9 Å². The first kappa shape index (κ1) is 29.2. The van der Waals surface area contributed by atoms with E-state index in [-0.39, 0.29) is 24.7 Å². The van der Waals surface area contributed by atoms with Crippen LogP contribution in [0.2, 0.25) is 0 Å². The average molecular weight is 580 g/mol. The molecule has 0 unspecified atom stereocenters. The van der Waals surface area contributed by atoms with E-state index in [1.807, 2.05) is 25.1 Å². The molecule has 0 N–H and O–H groups in total. The largest absolute Gasteiger partial charge is 0.510 e. The van der Waals surface area contributed by atoms with Gasteiger partial charge in [-0.3, -0.25) is 14.6 Å². The maximum atomic E-state index is 13.0. The van der Waals surface area contributed by atoms with E-state index < -0.39 is 6.16 Å². The number of thiophene rings is 1. The van der Waals surface area contributed by atoms with Crippen LogP contribution in [0.5, 0.6) is 5.75 Å². The van der Waals surface area contributed by atoms with Gasteiger partial charge in [-0.15, -0.1) is 11.3 Å². The van der Waals surface area contributed by atoms with Gasteiger partial charge in [0.25, 0.3) is 0 Å². The predicted octanol–water partition coefficient (Wildman–Crippen LogP) is 6.42. The molecular formula is C32H41N3O5S. The smallest absolute Gasteiger partial charge is 0.494 e. The lowest BCUT2D eigenvalue weighted by Gasteiger charge is -2.38. The summed E-state index contributed by atoms with van der Waals surface area (Å²) in [5, 5.41) is 3.54. The summed E-state index contributed by atoms with van der Waals surface area (Å²) in [6, 6.07) is 14.7. The number of rotatable bonds is 11. The molecule has 2 aliphatic heterocycles. The molecule has 3 heterocycles. The zero-order valence-corrected chi connectivity index (χ0v) is 25.2. The second-order valence-electron chi connectivity index (χ2n) is 11.4. The van der Waals surface area contributed by atoms with Gasteiger partial charge in [-0.05, 0) is 61.0 Å². The summed E-state index contributed by atoms with van der Waals surface area (Å²) in [5.74, 6) is 0.624. The van der Waals surface area contributed by atoms with Crippen LogP contribution in [0.1, 0.15) is 52.0 Å². The van der Waals surface area contributed by atoms with E-state index in [0.29, 0.717) is 25.2 Å². The van der Waals surface area contributed by atoms with E-state index >= 15 is 0 Å². The van der Waals surface area contributed by atoms with E-state index in [0.717, 1.165) is 56.8 Å². The zero-order chi connectivity index (χ0) is 28.8. The number of hydrogen-bond acceptors (Lipinski definition) is 8. The van der Waals surface area contributed by atoms with Crippen molar-refractivity contribution in [1.82, 2.24) is 4.90 Å². The number of unbranched alkanes of at least 4 members (excludes halogenated alkanes) is 1. The van der Waals surface area contributed by atoms with Gasteiger partial charge in [0.05, 0.1) is 18.9 Å². The minimum atomic E-state index is -0.764. The standard InChI is InChI=1S/C32H41N3O5S/c1-4-18-39-31(37)40-23-35-28-21-24(10-11-26(28)32(2,3)22-30(35)36)38-19-6-5-13-33-14-16-34(17-15-33)27-8-7-9-29-25(27)12-20-41-29/h7-12,20-21H,4-6,13-19,22-23H2,1-3H3. The number of hydrogen-bond donors (Lipinski definition) is 0. The Kier molecular flexibility index (Phi) is 9.35. The van der Waals surface area contributed by atoms with Gasteiger partial charge < -0.3 is 19.1 Å². The van der Waals surface area contributed by atoms with Crippen molar-refractivity contribution >= 4 is 44.9 Å². The Bertz CT molecular complexity index is 1350. The molecule has 2 aliphatic rings. The minimum Gasteiger partial charge on any atom is -0.494 e. The Morgan fingerprint density at radius 1 is 0.976 bits per heavy atom. The normalized spacial score (nSPS) is 17.0. The average Bonchev–Trinajstić information content (AvgIpc) is 3.45. The second-order valence-corrected chi connectivity index (χ2v) is 12.4. The molecule has 0 aliphatic carbocycles. The summed E-state index contributed by atoms with van der Waals surface area (Å²) in [4.78, 5) is 31.4. The Morgan fingerprint density at radius 3 is 2.61 bits per heavy atom. The van der Waals surface area contributed by atoms with Crippen LogP contribution < -0.4 is 14.5 Å². The lowest BCUT2D eigenvalue weighted by atomic mass is 9.77. The molecule has 1 aromatic heterocycles. The highest BCUT2D eigenvalue weighted by Crippen LogP contribution is 2.42. The summed E-state index contributed by atoms with van der Waals surface area (Å²) in [6.07, 6.45) is 2.30. The third kappa shape index (κ3) is 6.96. The van der Waals surface area contributed by atoms with Gasteiger partial charge >= 0.3 is 6.16 Å². The van der Waals surface area contributed by atoms with Gasteiger partial charge in [0.1, 0.15) is 5.75 Å². The van der Waals surface area contributed by atoms with Gasteiger partial charge in [-0.2, -0.15) is 0 Å². The molecule has 0 atom stereocenters. The maximum absolute atomic E-state index is 13.0. The molecule has 9 heteroatoms. The quantitative estimate of drug-likeness (QED) is 0.192. The molecule has 220 valence electrons. The first-order chi connectivity index (χ1) is 19.9. The number of amides is 1. The fourth-order valence-electron chi connectivity index (χ4n) is 5.68. The molecule has 2 aromatic carbocycles. The van der Waals surface area contributed by atoms with E-state index in [1.165, 1.54) is 20.7 Å². The van der Waals surface area contributed by atoms with Crippen molar-refractivity contribution in [2.75, 3.05) is 62.5 Å². The van der Waals surface area contributed by atoms with Crippen LogP contribution in [0.3, 0.4) is 0 Å². The Labute approximate surface area is 246 Å². The van der Waals surface area contributed by atoms with E-state index in [4.69, 9.17) is 14.2 Å². The van der Waals surface area contributed by atoms with Crippen LogP contribution in [-0.4, -0.2) is 69.6 Å². The van der Waals surface area contributed by atoms with Crippen molar-refractivity contribution in [2.24, 2.45) is 0 Å². The van der Waals surface area contributed by atoms with Crippen molar-refractivity contribution in [2.45, 2.75) is 51.9 Å². The predicted molar refractivity (Wildman–Crippen MR) is 164 cm³/mol. The summed E-state index contributed by atoms with van der Waals surface area (Å²) < 4.78 is 17.7. The molecule has 0 bridgehead atoms. The van der Waals surface area contributed by atoms with E-state index in [1.54, 1.807) is 11.3 Å². The molecule has 0 saturated carbocycles. The number of carbonyl (C=O) groups excluding carboxylic acids is 2. The number of nitrogens with zero attached hydrogens (tertiary/aromatic N) is 3. The monoisotopic (exact) mass is 579 g/mol. The zero-order valence-electron chi connectivity index (χ0n) is 24.4. The number of piperazine rings is 1. The SMILES string of the molecule is CCCOC(=O)OCN1C(=O)CC(C)(C)c2ccc(OCCCCN3CCN(c4cccc5sccc45)CC3)cc21. The number of carbonyl (C=O) groups is 2. The van der Waals surface area contributed by atoms with E-state index in [9.17, 15) is 9.59 Å². The summed E-state index contributed by atoms with van der Waals surface area (Å²) in [7, 11) is 0. The van der Waals surface area contributed by atoms with Crippen LogP contribution in [-0.2, 0) is 19.7 Å². The van der Waals surface area contributed by atoms with Crippen molar-refractivity contribution in [3.8, 4) is 5.75 Å². The molecule has 3 aromatic rings. The Hall–Kier alpha value is -3.30. The van der Waals surface area contributed by atoms with Gasteiger partial charge in [0.2, 0.25) is 5.91 Å².